The molecule has 0 aromatic rings. The van der Waals surface area contributed by atoms with Gasteiger partial charge < -0.3 is 15.8 Å². The second-order valence-corrected chi connectivity index (χ2v) is 3.36. The molecule has 1 saturated carbocycles. The smallest absolute Gasteiger partial charge is 0.241 e. The lowest BCUT2D eigenvalue weighted by molar-refractivity contribution is -0.119. The van der Waals surface area contributed by atoms with Crippen LogP contribution in [0.15, 0.2) is 4.99 Å². The van der Waals surface area contributed by atoms with Gasteiger partial charge in [0.2, 0.25) is 5.91 Å². The molecule has 1 aliphatic rings. The molecule has 0 aromatic carbocycles. The third kappa shape index (κ3) is 4.23. The molecule has 1 fully saturated rings. The highest BCUT2D eigenvalue weighted by atomic mass is 16.5. The SMILES string of the molecule is COCCNC(=O)CN=C(N)C1CC1. The molecule has 0 spiro atoms. The lowest BCUT2D eigenvalue weighted by atomic mass is 10.4. The Kier molecular flexibility index (Phi) is 4.39. The lowest BCUT2D eigenvalue weighted by Gasteiger charge is -2.02. The van der Waals surface area contributed by atoms with Gasteiger partial charge in [-0.1, -0.05) is 0 Å². The number of amidine groups is 1. The van der Waals surface area contributed by atoms with Gasteiger partial charge in [-0.05, 0) is 12.8 Å². The first-order chi connectivity index (χ1) is 6.74. The molecule has 3 N–H and O–H groups in total. The van der Waals surface area contributed by atoms with Crippen LogP contribution in [0.4, 0.5) is 0 Å². The Labute approximate surface area is 83.7 Å². The van der Waals surface area contributed by atoms with Crippen LogP contribution in [0, 0.1) is 5.92 Å². The van der Waals surface area contributed by atoms with Crippen LogP contribution in [-0.4, -0.2) is 38.5 Å². The van der Waals surface area contributed by atoms with E-state index in [1.165, 1.54) is 0 Å². The summed E-state index contributed by atoms with van der Waals surface area (Å²) in [4.78, 5) is 15.1. The van der Waals surface area contributed by atoms with Crippen molar-refractivity contribution in [3.8, 4) is 0 Å². The Hall–Kier alpha value is -1.10. The molecular weight excluding hydrogens is 182 g/mol. The average molecular weight is 199 g/mol. The number of carbonyl (C=O) groups excluding carboxylic acids is 1. The number of rotatable bonds is 6. The molecule has 0 aromatic heterocycles. The van der Waals surface area contributed by atoms with Crippen molar-refractivity contribution in [3.05, 3.63) is 0 Å². The standard InChI is InChI=1S/C9H17N3O2/c1-14-5-4-11-8(13)6-12-9(10)7-2-3-7/h7H,2-6H2,1H3,(H2,10,12)(H,11,13). The number of carbonyl (C=O) groups is 1. The summed E-state index contributed by atoms with van der Waals surface area (Å²) in [5.41, 5.74) is 5.63. The molecule has 14 heavy (non-hydrogen) atoms. The van der Waals surface area contributed by atoms with Crippen molar-refractivity contribution in [1.82, 2.24) is 5.32 Å². The van der Waals surface area contributed by atoms with E-state index >= 15 is 0 Å². The van der Waals surface area contributed by atoms with Gasteiger partial charge in [-0.2, -0.15) is 0 Å². The maximum Gasteiger partial charge on any atom is 0.241 e. The fraction of sp³-hybridized carbons (Fsp3) is 0.778. The molecule has 0 radical (unpaired) electrons. The molecular formula is C9H17N3O2. The predicted molar refractivity (Wildman–Crippen MR) is 54.1 cm³/mol. The van der Waals surface area contributed by atoms with Crippen molar-refractivity contribution >= 4 is 11.7 Å². The molecule has 0 atom stereocenters. The fourth-order valence-corrected chi connectivity index (χ4v) is 1.02. The normalized spacial score (nSPS) is 16.8. The van der Waals surface area contributed by atoms with E-state index in [1.54, 1.807) is 7.11 Å². The van der Waals surface area contributed by atoms with Crippen LogP contribution in [0.5, 0.6) is 0 Å². The molecule has 0 aliphatic heterocycles. The van der Waals surface area contributed by atoms with Crippen LogP contribution in [0.25, 0.3) is 0 Å². The van der Waals surface area contributed by atoms with Gasteiger partial charge in [0, 0.05) is 19.6 Å². The molecule has 1 aliphatic carbocycles. The Bertz CT molecular complexity index is 224. The summed E-state index contributed by atoms with van der Waals surface area (Å²) < 4.78 is 4.79. The molecule has 0 saturated heterocycles. The van der Waals surface area contributed by atoms with Gasteiger partial charge in [0.25, 0.3) is 0 Å². The highest BCUT2D eigenvalue weighted by Crippen LogP contribution is 2.28. The number of aliphatic imine (C=N–C) groups is 1. The van der Waals surface area contributed by atoms with E-state index in [1.807, 2.05) is 0 Å². The minimum absolute atomic E-state index is 0.106. The van der Waals surface area contributed by atoms with Crippen molar-refractivity contribution in [2.75, 3.05) is 26.8 Å². The highest BCUT2D eigenvalue weighted by Gasteiger charge is 2.25. The van der Waals surface area contributed by atoms with Crippen LogP contribution in [0.2, 0.25) is 0 Å². The van der Waals surface area contributed by atoms with Crippen LogP contribution in [-0.2, 0) is 9.53 Å². The zero-order valence-corrected chi connectivity index (χ0v) is 8.45. The molecule has 1 rings (SSSR count). The van der Waals surface area contributed by atoms with Crippen molar-refractivity contribution in [3.63, 3.8) is 0 Å². The fourth-order valence-electron chi connectivity index (χ4n) is 1.02. The zero-order chi connectivity index (χ0) is 10.4. The van der Waals surface area contributed by atoms with E-state index in [-0.39, 0.29) is 12.5 Å². The Balaban J connectivity index is 2.10. The third-order valence-corrected chi connectivity index (χ3v) is 2.03. The first-order valence-corrected chi connectivity index (χ1v) is 4.79. The topological polar surface area (TPSA) is 76.7 Å². The molecule has 0 heterocycles. The van der Waals surface area contributed by atoms with Gasteiger partial charge in [-0.3, -0.25) is 9.79 Å². The number of amides is 1. The van der Waals surface area contributed by atoms with Gasteiger partial charge in [-0.15, -0.1) is 0 Å². The molecule has 5 nitrogen and oxygen atoms in total. The van der Waals surface area contributed by atoms with E-state index in [4.69, 9.17) is 10.5 Å². The Morgan fingerprint density at radius 3 is 2.93 bits per heavy atom. The summed E-state index contributed by atoms with van der Waals surface area (Å²) in [7, 11) is 1.59. The van der Waals surface area contributed by atoms with Crippen molar-refractivity contribution in [2.45, 2.75) is 12.8 Å². The van der Waals surface area contributed by atoms with Gasteiger partial charge in [0.05, 0.1) is 12.4 Å². The van der Waals surface area contributed by atoms with E-state index in [2.05, 4.69) is 10.3 Å². The van der Waals surface area contributed by atoms with Crippen molar-refractivity contribution in [2.24, 2.45) is 16.6 Å². The first kappa shape index (κ1) is 11.0. The lowest BCUT2D eigenvalue weighted by Crippen LogP contribution is -2.30. The maximum absolute atomic E-state index is 11.1. The van der Waals surface area contributed by atoms with Crippen LogP contribution >= 0.6 is 0 Å². The van der Waals surface area contributed by atoms with Crippen LogP contribution in [0.3, 0.4) is 0 Å². The summed E-state index contributed by atoms with van der Waals surface area (Å²) in [6.45, 7) is 1.17. The quantitative estimate of drug-likeness (QED) is 0.344. The monoisotopic (exact) mass is 199 g/mol. The summed E-state index contributed by atoms with van der Waals surface area (Å²) in [5, 5.41) is 2.67. The number of methoxy groups -OCH3 is 1. The maximum atomic E-state index is 11.1. The summed E-state index contributed by atoms with van der Waals surface area (Å²) in [6.07, 6.45) is 2.22. The predicted octanol–water partition coefficient (Wildman–Crippen LogP) is -0.484. The van der Waals surface area contributed by atoms with Gasteiger partial charge >= 0.3 is 0 Å². The zero-order valence-electron chi connectivity index (χ0n) is 8.45. The Morgan fingerprint density at radius 1 is 1.64 bits per heavy atom. The minimum Gasteiger partial charge on any atom is -0.387 e. The van der Waals surface area contributed by atoms with E-state index in [9.17, 15) is 4.79 Å². The number of ether oxygens (including phenoxy) is 1. The van der Waals surface area contributed by atoms with Gasteiger partial charge in [-0.25, -0.2) is 0 Å². The number of nitrogens with two attached hydrogens (primary N) is 1. The summed E-state index contributed by atoms with van der Waals surface area (Å²) in [6, 6.07) is 0. The molecule has 1 amide bonds. The van der Waals surface area contributed by atoms with Crippen LogP contribution < -0.4 is 11.1 Å². The van der Waals surface area contributed by atoms with E-state index in [0.717, 1.165) is 12.8 Å². The molecule has 0 bridgehead atoms. The average Bonchev–Trinajstić information content (AvgIpc) is 2.98. The third-order valence-electron chi connectivity index (χ3n) is 2.03. The number of nitrogens with zero attached hydrogens (tertiary/aromatic N) is 1. The summed E-state index contributed by atoms with van der Waals surface area (Å²) in [5.74, 6) is 0.944. The van der Waals surface area contributed by atoms with Crippen molar-refractivity contribution in [1.29, 1.82) is 0 Å². The Morgan fingerprint density at radius 2 is 2.36 bits per heavy atom. The van der Waals surface area contributed by atoms with E-state index < -0.39 is 0 Å². The van der Waals surface area contributed by atoms with Gasteiger partial charge in [0.15, 0.2) is 0 Å². The van der Waals surface area contributed by atoms with Crippen molar-refractivity contribution < 1.29 is 9.53 Å². The molecule has 5 heteroatoms. The van der Waals surface area contributed by atoms with Crippen LogP contribution in [0.1, 0.15) is 12.8 Å². The minimum atomic E-state index is -0.106. The molecule has 0 unspecified atom stereocenters. The molecule has 80 valence electrons. The largest absolute Gasteiger partial charge is 0.387 e. The first-order valence-electron chi connectivity index (χ1n) is 4.79. The number of hydrogen-bond donors (Lipinski definition) is 2. The highest BCUT2D eigenvalue weighted by molar-refractivity contribution is 5.88. The second-order valence-electron chi connectivity index (χ2n) is 3.36. The number of hydrogen-bond acceptors (Lipinski definition) is 3. The summed E-state index contributed by atoms with van der Waals surface area (Å²) >= 11 is 0. The second kappa shape index (κ2) is 5.59. The number of nitrogens with one attached hydrogen (secondary N) is 1. The van der Waals surface area contributed by atoms with E-state index in [0.29, 0.717) is 24.9 Å². The van der Waals surface area contributed by atoms with Gasteiger partial charge in [0.1, 0.15) is 6.54 Å².